The van der Waals surface area contributed by atoms with Gasteiger partial charge in [-0.3, -0.25) is 9.52 Å². The number of sulfonamides is 2. The van der Waals surface area contributed by atoms with Gasteiger partial charge in [0.1, 0.15) is 16.2 Å². The van der Waals surface area contributed by atoms with Gasteiger partial charge in [0.2, 0.25) is 10.0 Å². The first-order chi connectivity index (χ1) is 16.4. The number of carbonyl (C=O) groups is 1. The molecule has 2 aromatic rings. The van der Waals surface area contributed by atoms with Crippen molar-refractivity contribution in [3.05, 3.63) is 59.2 Å². The van der Waals surface area contributed by atoms with Crippen molar-refractivity contribution in [1.29, 1.82) is 0 Å². The van der Waals surface area contributed by atoms with Gasteiger partial charge in [0, 0.05) is 11.3 Å². The van der Waals surface area contributed by atoms with E-state index in [1.165, 1.54) is 12.1 Å². The van der Waals surface area contributed by atoms with E-state index in [1.807, 2.05) is 19.1 Å². The summed E-state index contributed by atoms with van der Waals surface area (Å²) in [6.45, 7) is 1.83. The van der Waals surface area contributed by atoms with E-state index in [9.17, 15) is 26.7 Å². The minimum Gasteiger partial charge on any atom is -0.506 e. The number of Topliss-reactive ketones (excluding diaryl/α,β-unsaturated/α-hetero) is 1. The van der Waals surface area contributed by atoms with Crippen molar-refractivity contribution in [2.45, 2.75) is 42.9 Å². The average molecular weight is 516 g/mol. The summed E-state index contributed by atoms with van der Waals surface area (Å²) in [5, 5.41) is 14.0. The number of hydrogen-bond donors (Lipinski definition) is 3. The van der Waals surface area contributed by atoms with Gasteiger partial charge in [-0.05, 0) is 49.4 Å². The van der Waals surface area contributed by atoms with Gasteiger partial charge in [-0.1, -0.05) is 37.1 Å². The van der Waals surface area contributed by atoms with E-state index >= 15 is 0 Å². The van der Waals surface area contributed by atoms with Crippen molar-refractivity contribution in [1.82, 2.24) is 0 Å². The Bertz CT molecular complexity index is 1540. The minimum atomic E-state index is -4.30. The van der Waals surface area contributed by atoms with Crippen molar-refractivity contribution in [3.8, 4) is 0 Å². The highest BCUT2D eigenvalue weighted by atomic mass is 32.2. The lowest BCUT2D eigenvalue weighted by Gasteiger charge is -2.36. The predicted molar refractivity (Wildman–Crippen MR) is 133 cm³/mol. The zero-order chi connectivity index (χ0) is 25.2. The number of amidine groups is 1. The molecule has 11 heteroatoms. The number of nitrogens with zero attached hydrogens (tertiary/aromatic N) is 1. The van der Waals surface area contributed by atoms with E-state index in [0.29, 0.717) is 23.5 Å². The van der Waals surface area contributed by atoms with Crippen LogP contribution in [0.2, 0.25) is 0 Å². The summed E-state index contributed by atoms with van der Waals surface area (Å²) in [6.07, 6.45) is 4.67. The van der Waals surface area contributed by atoms with Crippen molar-refractivity contribution >= 4 is 48.8 Å². The third kappa shape index (κ3) is 4.23. The molecule has 184 valence electrons. The SMILES string of the molecule is C[C@]1(CCC2CC2)C(=O)C(C2=NS(=O)(=O)c3cc(NS(C)(=O)=O)ccc3N2)=C(O)c2ccccc21. The van der Waals surface area contributed by atoms with Gasteiger partial charge in [-0.2, -0.15) is 8.42 Å². The molecule has 1 saturated carbocycles. The molecule has 35 heavy (non-hydrogen) atoms. The van der Waals surface area contributed by atoms with Crippen LogP contribution < -0.4 is 10.0 Å². The van der Waals surface area contributed by atoms with Gasteiger partial charge >= 0.3 is 0 Å². The molecular formula is C24H25N3O6S2. The van der Waals surface area contributed by atoms with Crippen LogP contribution in [-0.2, 0) is 30.3 Å². The first-order valence-corrected chi connectivity index (χ1v) is 14.5. The van der Waals surface area contributed by atoms with Crippen LogP contribution in [0.1, 0.15) is 43.7 Å². The molecule has 3 N–H and O–H groups in total. The zero-order valence-corrected chi connectivity index (χ0v) is 20.8. The molecular weight excluding hydrogens is 490 g/mol. The van der Waals surface area contributed by atoms with E-state index in [4.69, 9.17) is 0 Å². The highest BCUT2D eigenvalue weighted by Crippen LogP contribution is 2.46. The molecule has 0 radical (unpaired) electrons. The summed E-state index contributed by atoms with van der Waals surface area (Å²) in [7, 11) is -7.92. The molecule has 1 aliphatic heterocycles. The Hall–Kier alpha value is -3.18. The maximum absolute atomic E-state index is 13.9. The van der Waals surface area contributed by atoms with Crippen molar-refractivity contribution in [3.63, 3.8) is 0 Å². The van der Waals surface area contributed by atoms with E-state index in [-0.39, 0.29) is 33.4 Å². The zero-order valence-electron chi connectivity index (χ0n) is 19.2. The van der Waals surface area contributed by atoms with Gasteiger partial charge in [-0.15, -0.1) is 4.40 Å². The molecule has 5 rings (SSSR count). The Kier molecular flexibility index (Phi) is 5.33. The number of hydrogen-bond acceptors (Lipinski definition) is 7. The maximum Gasteiger partial charge on any atom is 0.286 e. The number of carbonyl (C=O) groups excluding carboxylic acids is 1. The summed E-state index contributed by atoms with van der Waals surface area (Å²) in [5.74, 6) is -0.387. The van der Waals surface area contributed by atoms with Crippen LogP contribution in [0.15, 0.2) is 57.3 Å². The van der Waals surface area contributed by atoms with Crippen LogP contribution in [0, 0.1) is 5.92 Å². The Morgan fingerprint density at radius 1 is 1.20 bits per heavy atom. The molecule has 0 aromatic heterocycles. The number of ketones is 1. The first-order valence-electron chi connectivity index (χ1n) is 11.2. The molecule has 0 amide bonds. The van der Waals surface area contributed by atoms with Crippen LogP contribution >= 0.6 is 0 Å². The van der Waals surface area contributed by atoms with Crippen molar-refractivity contribution < 1.29 is 26.7 Å². The fourth-order valence-electron chi connectivity index (χ4n) is 4.72. The van der Waals surface area contributed by atoms with Crippen LogP contribution in [-0.4, -0.2) is 39.8 Å². The predicted octanol–water partition coefficient (Wildman–Crippen LogP) is 3.57. The topological polar surface area (TPSA) is 142 Å². The Balaban J connectivity index is 1.60. The third-order valence-electron chi connectivity index (χ3n) is 6.76. The summed E-state index contributed by atoms with van der Waals surface area (Å²) in [5.41, 5.74) is 0.255. The smallest absolute Gasteiger partial charge is 0.286 e. The number of benzene rings is 2. The lowest BCUT2D eigenvalue weighted by atomic mass is 9.67. The van der Waals surface area contributed by atoms with E-state index in [0.717, 1.165) is 31.6 Å². The lowest BCUT2D eigenvalue weighted by molar-refractivity contribution is -0.120. The van der Waals surface area contributed by atoms with Gasteiger partial charge in [0.05, 0.1) is 17.4 Å². The Morgan fingerprint density at radius 2 is 1.91 bits per heavy atom. The molecule has 0 unspecified atom stereocenters. The summed E-state index contributed by atoms with van der Waals surface area (Å²) in [6, 6.07) is 11.1. The molecule has 1 atom stereocenters. The first kappa shape index (κ1) is 23.6. The molecule has 0 spiro atoms. The molecule has 2 aliphatic carbocycles. The molecule has 1 fully saturated rings. The van der Waals surface area contributed by atoms with E-state index in [2.05, 4.69) is 14.4 Å². The Morgan fingerprint density at radius 3 is 2.60 bits per heavy atom. The quantitative estimate of drug-likeness (QED) is 0.534. The minimum absolute atomic E-state index is 0.0626. The number of anilines is 2. The highest BCUT2D eigenvalue weighted by Gasteiger charge is 2.47. The second kappa shape index (κ2) is 7.92. The largest absolute Gasteiger partial charge is 0.506 e. The summed E-state index contributed by atoms with van der Waals surface area (Å²) >= 11 is 0. The Labute approximate surface area is 204 Å². The van der Waals surface area contributed by atoms with Gasteiger partial charge in [-0.25, -0.2) is 8.42 Å². The number of aliphatic hydroxyl groups is 1. The molecule has 2 aromatic carbocycles. The van der Waals surface area contributed by atoms with Gasteiger partial charge in [0.25, 0.3) is 10.0 Å². The van der Waals surface area contributed by atoms with Gasteiger partial charge in [0.15, 0.2) is 11.6 Å². The lowest BCUT2D eigenvalue weighted by Crippen LogP contribution is -2.42. The monoisotopic (exact) mass is 515 g/mol. The number of nitrogens with one attached hydrogen (secondary N) is 2. The summed E-state index contributed by atoms with van der Waals surface area (Å²) < 4.78 is 55.3. The van der Waals surface area contributed by atoms with Gasteiger partial charge < -0.3 is 10.4 Å². The molecule has 0 saturated heterocycles. The fraction of sp³-hybridized carbons (Fsp3) is 0.333. The highest BCUT2D eigenvalue weighted by molar-refractivity contribution is 7.92. The standard InChI is InChI=1S/C24H25N3O6S2/c1-24(12-11-14-7-8-14)17-6-4-3-5-16(17)21(28)20(22(24)29)23-25-18-10-9-15(26-34(2,30)31)13-19(18)35(32,33)27-23/h3-6,9-10,13-14,26,28H,7-8,11-12H2,1-2H3,(H,25,27)/t24-/m1/s1. The van der Waals surface area contributed by atoms with E-state index < -0.39 is 31.2 Å². The number of aliphatic hydroxyl groups excluding tert-OH is 1. The maximum atomic E-state index is 13.9. The van der Waals surface area contributed by atoms with E-state index in [1.54, 1.807) is 12.1 Å². The second-order valence-electron chi connectivity index (χ2n) is 9.54. The van der Waals surface area contributed by atoms with Crippen molar-refractivity contribution in [2.75, 3.05) is 16.3 Å². The molecule has 1 heterocycles. The number of rotatable bonds is 6. The van der Waals surface area contributed by atoms with Crippen LogP contribution in [0.4, 0.5) is 11.4 Å². The molecule has 9 nitrogen and oxygen atoms in total. The summed E-state index contributed by atoms with van der Waals surface area (Å²) in [4.78, 5) is 13.6. The van der Waals surface area contributed by atoms with Crippen LogP contribution in [0.5, 0.6) is 0 Å². The normalized spacial score (nSPS) is 23.1. The average Bonchev–Trinajstić information content (AvgIpc) is 3.60. The molecule has 3 aliphatic rings. The molecule has 0 bridgehead atoms. The van der Waals surface area contributed by atoms with Crippen LogP contribution in [0.3, 0.4) is 0 Å². The number of fused-ring (bicyclic) bond motifs is 2. The third-order valence-corrected chi connectivity index (χ3v) is 8.68. The second-order valence-corrected chi connectivity index (χ2v) is 12.9. The van der Waals surface area contributed by atoms with Crippen LogP contribution in [0.25, 0.3) is 5.76 Å². The van der Waals surface area contributed by atoms with Crippen molar-refractivity contribution in [2.24, 2.45) is 10.3 Å². The fourth-order valence-corrected chi connectivity index (χ4v) is 6.43.